The zero-order valence-corrected chi connectivity index (χ0v) is 15.8. The smallest absolute Gasteiger partial charge is 0.263 e. The van der Waals surface area contributed by atoms with Crippen LogP contribution in [0.1, 0.15) is 44.2 Å². The van der Waals surface area contributed by atoms with Crippen LogP contribution in [-0.2, 0) is 13.0 Å². The maximum atomic E-state index is 12.5. The van der Waals surface area contributed by atoms with Gasteiger partial charge in [0.25, 0.3) is 5.91 Å². The molecule has 2 heterocycles. The van der Waals surface area contributed by atoms with Crippen LogP contribution in [0.5, 0.6) is 0 Å². The van der Waals surface area contributed by atoms with Gasteiger partial charge >= 0.3 is 0 Å². The Kier molecular flexibility index (Phi) is 4.99. The molecule has 0 bridgehead atoms. The Balaban J connectivity index is 1.78. The highest BCUT2D eigenvalue weighted by molar-refractivity contribution is 7.13. The normalized spacial score (nSPS) is 10.9. The van der Waals surface area contributed by atoms with E-state index in [1.54, 1.807) is 0 Å². The fourth-order valence-electron chi connectivity index (χ4n) is 2.81. The average Bonchev–Trinajstić information content (AvgIpc) is 3.13. The molecule has 0 aliphatic carbocycles. The molecule has 0 aliphatic heterocycles. The molecule has 0 atom stereocenters. The van der Waals surface area contributed by atoms with Crippen molar-refractivity contribution >= 4 is 17.2 Å². The Morgan fingerprint density at radius 2 is 1.88 bits per heavy atom. The first-order chi connectivity index (χ1) is 12.0. The molecule has 1 amide bonds. The number of aromatic nitrogens is 3. The second kappa shape index (κ2) is 7.19. The van der Waals surface area contributed by atoms with E-state index >= 15 is 0 Å². The number of carbonyl (C=O) groups is 1. The van der Waals surface area contributed by atoms with Crippen molar-refractivity contribution in [3.63, 3.8) is 0 Å². The second-order valence-corrected chi connectivity index (χ2v) is 7.04. The Morgan fingerprint density at radius 3 is 2.52 bits per heavy atom. The lowest BCUT2D eigenvalue weighted by Crippen LogP contribution is -2.23. The molecule has 0 radical (unpaired) electrons. The van der Waals surface area contributed by atoms with Crippen molar-refractivity contribution in [1.82, 2.24) is 20.1 Å². The summed E-state index contributed by atoms with van der Waals surface area (Å²) >= 11 is 1.47. The summed E-state index contributed by atoms with van der Waals surface area (Å²) in [5.74, 6) is -0.0686. The molecule has 0 saturated carbocycles. The third kappa shape index (κ3) is 3.49. The van der Waals surface area contributed by atoms with Gasteiger partial charge in [-0.25, -0.2) is 9.67 Å². The van der Waals surface area contributed by atoms with Crippen molar-refractivity contribution in [3.8, 4) is 5.69 Å². The summed E-state index contributed by atoms with van der Waals surface area (Å²) in [5.41, 5.74) is 4.84. The lowest BCUT2D eigenvalue weighted by atomic mass is 10.2. The van der Waals surface area contributed by atoms with Crippen LogP contribution in [0.25, 0.3) is 5.69 Å². The van der Waals surface area contributed by atoms with E-state index < -0.39 is 0 Å². The van der Waals surface area contributed by atoms with Crippen LogP contribution >= 0.6 is 11.3 Å². The number of nitrogens with zero attached hydrogens (tertiary/aromatic N) is 3. The zero-order chi connectivity index (χ0) is 18.0. The van der Waals surface area contributed by atoms with Gasteiger partial charge in [-0.05, 0) is 39.3 Å². The largest absolute Gasteiger partial charge is 0.347 e. The third-order valence-electron chi connectivity index (χ3n) is 4.22. The quantitative estimate of drug-likeness (QED) is 0.759. The van der Waals surface area contributed by atoms with E-state index in [2.05, 4.69) is 15.4 Å². The minimum atomic E-state index is -0.0686. The van der Waals surface area contributed by atoms with Crippen LogP contribution < -0.4 is 5.32 Å². The number of benzene rings is 1. The Bertz CT molecular complexity index is 896. The molecule has 2 aromatic heterocycles. The van der Waals surface area contributed by atoms with Gasteiger partial charge in [-0.2, -0.15) is 5.10 Å². The first-order valence-corrected chi connectivity index (χ1v) is 9.18. The van der Waals surface area contributed by atoms with Crippen LogP contribution in [0.15, 0.2) is 30.3 Å². The van der Waals surface area contributed by atoms with E-state index in [0.29, 0.717) is 11.4 Å². The highest BCUT2D eigenvalue weighted by atomic mass is 32.1. The van der Waals surface area contributed by atoms with Crippen molar-refractivity contribution in [2.75, 3.05) is 0 Å². The topological polar surface area (TPSA) is 59.8 Å². The molecule has 0 saturated heterocycles. The molecule has 25 heavy (non-hydrogen) atoms. The summed E-state index contributed by atoms with van der Waals surface area (Å²) in [6.07, 6.45) is 0.848. The van der Waals surface area contributed by atoms with Gasteiger partial charge in [0.2, 0.25) is 0 Å². The first kappa shape index (κ1) is 17.4. The Morgan fingerprint density at radius 1 is 1.16 bits per heavy atom. The van der Waals surface area contributed by atoms with Crippen molar-refractivity contribution in [2.45, 2.75) is 40.7 Å². The number of carbonyl (C=O) groups excluding carboxylic acids is 1. The van der Waals surface area contributed by atoms with Gasteiger partial charge in [0, 0.05) is 17.8 Å². The monoisotopic (exact) mass is 354 g/mol. The van der Waals surface area contributed by atoms with Gasteiger partial charge in [0.1, 0.15) is 4.88 Å². The van der Waals surface area contributed by atoms with Crippen LogP contribution in [0.3, 0.4) is 0 Å². The highest BCUT2D eigenvalue weighted by Gasteiger charge is 2.17. The number of thiazole rings is 1. The van der Waals surface area contributed by atoms with Crippen molar-refractivity contribution < 1.29 is 4.79 Å². The molecule has 130 valence electrons. The average molecular weight is 354 g/mol. The Labute approximate surface area is 151 Å². The van der Waals surface area contributed by atoms with E-state index in [-0.39, 0.29) is 5.91 Å². The van der Waals surface area contributed by atoms with E-state index in [4.69, 9.17) is 0 Å². The molecule has 0 aliphatic rings. The molecule has 1 aromatic carbocycles. The molecule has 5 nitrogen and oxygen atoms in total. The number of nitrogens with one attached hydrogen (secondary N) is 1. The molecule has 6 heteroatoms. The van der Waals surface area contributed by atoms with Gasteiger partial charge in [-0.3, -0.25) is 4.79 Å². The van der Waals surface area contributed by atoms with E-state index in [0.717, 1.165) is 39.8 Å². The number of rotatable bonds is 5. The lowest BCUT2D eigenvalue weighted by molar-refractivity contribution is 0.0954. The van der Waals surface area contributed by atoms with Crippen molar-refractivity contribution in [3.05, 3.63) is 62.9 Å². The minimum Gasteiger partial charge on any atom is -0.347 e. The number of para-hydroxylation sites is 1. The highest BCUT2D eigenvalue weighted by Crippen LogP contribution is 2.20. The summed E-state index contributed by atoms with van der Waals surface area (Å²) in [6.45, 7) is 8.39. The summed E-state index contributed by atoms with van der Waals surface area (Å²) in [6, 6.07) is 10.0. The van der Waals surface area contributed by atoms with Crippen LogP contribution in [0.2, 0.25) is 0 Å². The first-order valence-electron chi connectivity index (χ1n) is 8.36. The van der Waals surface area contributed by atoms with E-state index in [1.807, 2.05) is 62.7 Å². The maximum Gasteiger partial charge on any atom is 0.263 e. The molecule has 0 unspecified atom stereocenters. The van der Waals surface area contributed by atoms with Crippen molar-refractivity contribution in [1.29, 1.82) is 0 Å². The Hall–Kier alpha value is -2.47. The van der Waals surface area contributed by atoms with E-state index in [9.17, 15) is 4.79 Å². The lowest BCUT2D eigenvalue weighted by Gasteiger charge is -2.06. The van der Waals surface area contributed by atoms with Gasteiger partial charge in [-0.1, -0.05) is 25.1 Å². The molecular formula is C19H22N4OS. The van der Waals surface area contributed by atoms with Gasteiger partial charge in [0.15, 0.2) is 0 Å². The summed E-state index contributed by atoms with van der Waals surface area (Å²) in [7, 11) is 0. The number of hydrogen-bond acceptors (Lipinski definition) is 4. The summed E-state index contributed by atoms with van der Waals surface area (Å²) < 4.78 is 1.92. The second-order valence-electron chi connectivity index (χ2n) is 5.96. The summed E-state index contributed by atoms with van der Waals surface area (Å²) in [4.78, 5) is 17.6. The van der Waals surface area contributed by atoms with Crippen LogP contribution in [0, 0.1) is 20.8 Å². The molecular weight excluding hydrogens is 332 g/mol. The van der Waals surface area contributed by atoms with Gasteiger partial charge in [0.05, 0.1) is 22.1 Å². The fourth-order valence-corrected chi connectivity index (χ4v) is 3.74. The third-order valence-corrected chi connectivity index (χ3v) is 5.52. The standard InChI is InChI=1S/C19H22N4OS/c1-5-17-21-13(3)18(25-17)19(24)20-11-16-12(2)22-23(14(16)4)15-9-7-6-8-10-15/h6-10H,5,11H2,1-4H3,(H,20,24). The molecule has 3 aromatic rings. The molecule has 3 rings (SSSR count). The van der Waals surface area contributed by atoms with Gasteiger partial charge in [-0.15, -0.1) is 11.3 Å². The van der Waals surface area contributed by atoms with E-state index in [1.165, 1.54) is 11.3 Å². The fraction of sp³-hybridized carbons (Fsp3) is 0.316. The van der Waals surface area contributed by atoms with Crippen LogP contribution in [-0.4, -0.2) is 20.7 Å². The number of amides is 1. The van der Waals surface area contributed by atoms with Crippen LogP contribution in [0.4, 0.5) is 0 Å². The predicted octanol–water partition coefficient (Wildman–Crippen LogP) is 3.75. The number of aryl methyl sites for hydroxylation is 3. The molecule has 1 N–H and O–H groups in total. The molecule has 0 spiro atoms. The SMILES string of the molecule is CCc1nc(C)c(C(=O)NCc2c(C)nn(-c3ccccc3)c2C)s1. The minimum absolute atomic E-state index is 0.0686. The summed E-state index contributed by atoms with van der Waals surface area (Å²) in [5, 5.41) is 8.63. The zero-order valence-electron chi connectivity index (χ0n) is 15.0. The number of hydrogen-bond donors (Lipinski definition) is 1. The van der Waals surface area contributed by atoms with Crippen molar-refractivity contribution in [2.24, 2.45) is 0 Å². The van der Waals surface area contributed by atoms with Gasteiger partial charge < -0.3 is 5.32 Å². The maximum absolute atomic E-state index is 12.5. The molecule has 0 fully saturated rings. The predicted molar refractivity (Wildman–Crippen MR) is 100 cm³/mol.